The summed E-state index contributed by atoms with van der Waals surface area (Å²) in [6.07, 6.45) is 15.5. The molecule has 17 heteroatoms. The summed E-state index contributed by atoms with van der Waals surface area (Å²) in [5.41, 5.74) is 0. The first-order valence-electron chi connectivity index (χ1n) is 22.7. The second-order valence-corrected chi connectivity index (χ2v) is 17.0. The molecule has 3 atom stereocenters. The molecule has 350 valence electrons. The minimum absolute atomic E-state index is 0.0298. The van der Waals surface area contributed by atoms with E-state index in [0.717, 1.165) is 38.5 Å². The van der Waals surface area contributed by atoms with Crippen molar-refractivity contribution in [2.24, 2.45) is 17.8 Å². The number of ketones is 1. The Hall–Kier alpha value is -4.12. The van der Waals surface area contributed by atoms with Crippen LogP contribution in [0.4, 0.5) is 0 Å². The van der Waals surface area contributed by atoms with Crippen molar-refractivity contribution in [3.8, 4) is 0 Å². The molecule has 17 nitrogen and oxygen atoms in total. The number of carbonyl (C=O) groups excluding carboxylic acids is 5. The highest BCUT2D eigenvalue weighted by Gasteiger charge is 2.30. The van der Waals surface area contributed by atoms with Crippen LogP contribution in [0.3, 0.4) is 0 Å². The third-order valence-electron chi connectivity index (χ3n) is 11.5. The highest BCUT2D eigenvalue weighted by molar-refractivity contribution is 5.87. The van der Waals surface area contributed by atoms with Gasteiger partial charge in [-0.05, 0) is 63.7 Å². The summed E-state index contributed by atoms with van der Waals surface area (Å²) in [6, 6.07) is -4.03. The van der Waals surface area contributed by atoms with E-state index in [1.807, 2.05) is 0 Å². The normalized spacial score (nSPS) is 16.6. The molecule has 0 unspecified atom stereocenters. The average Bonchev–Trinajstić information content (AvgIpc) is 3.20. The van der Waals surface area contributed by atoms with Crippen LogP contribution in [-0.2, 0) is 38.4 Å². The van der Waals surface area contributed by atoms with Crippen LogP contribution in [-0.4, -0.2) is 104 Å². The molecular formula is C44H76N4O13. The Labute approximate surface area is 361 Å². The Morgan fingerprint density at radius 1 is 0.508 bits per heavy atom. The third kappa shape index (κ3) is 27.4. The summed E-state index contributed by atoms with van der Waals surface area (Å²) in [6.45, 7) is 3.89. The zero-order valence-electron chi connectivity index (χ0n) is 36.6. The van der Waals surface area contributed by atoms with Crippen molar-refractivity contribution in [1.82, 2.24) is 21.3 Å². The second-order valence-electron chi connectivity index (χ2n) is 17.0. The molecule has 1 fully saturated rings. The first kappa shape index (κ1) is 54.9. The highest BCUT2D eigenvalue weighted by Crippen LogP contribution is 2.29. The molecule has 0 saturated heterocycles. The molecule has 0 aromatic heterocycles. The summed E-state index contributed by atoms with van der Waals surface area (Å²) in [4.78, 5) is 96.2. The summed E-state index contributed by atoms with van der Waals surface area (Å²) in [7, 11) is 0. The molecule has 0 aliphatic heterocycles. The van der Waals surface area contributed by atoms with E-state index in [1.165, 1.54) is 51.4 Å². The van der Waals surface area contributed by atoms with E-state index in [4.69, 9.17) is 5.11 Å². The van der Waals surface area contributed by atoms with Gasteiger partial charge in [0.2, 0.25) is 23.6 Å². The number of aliphatic hydroxyl groups excluding tert-OH is 1. The fourth-order valence-electron chi connectivity index (χ4n) is 7.44. The molecule has 1 saturated carbocycles. The average molecular weight is 869 g/mol. The largest absolute Gasteiger partial charge is 0.481 e. The number of rotatable bonds is 36. The molecule has 0 heterocycles. The van der Waals surface area contributed by atoms with Gasteiger partial charge in [0.15, 0.2) is 6.29 Å². The van der Waals surface area contributed by atoms with E-state index < -0.39 is 60.6 Å². The van der Waals surface area contributed by atoms with Gasteiger partial charge in [0.1, 0.15) is 17.9 Å². The van der Waals surface area contributed by atoms with Gasteiger partial charge in [0, 0.05) is 50.5 Å². The minimum Gasteiger partial charge on any atom is -0.481 e. The number of hydrogen-bond acceptors (Lipinski definition) is 10. The van der Waals surface area contributed by atoms with Crippen molar-refractivity contribution >= 4 is 47.3 Å². The third-order valence-corrected chi connectivity index (χ3v) is 11.5. The Kier molecular flexibility index (Phi) is 29.3. The highest BCUT2D eigenvalue weighted by atomic mass is 16.5. The smallest absolute Gasteiger partial charge is 0.326 e. The van der Waals surface area contributed by atoms with E-state index in [-0.39, 0.29) is 73.9 Å². The molecule has 0 spiro atoms. The maximum absolute atomic E-state index is 13.0. The lowest BCUT2D eigenvalue weighted by molar-refractivity contribution is -0.143. The molecule has 4 amide bonds. The number of aliphatic hydroxyl groups is 2. The molecular weight excluding hydrogens is 792 g/mol. The predicted octanol–water partition coefficient (Wildman–Crippen LogP) is 4.74. The summed E-state index contributed by atoms with van der Waals surface area (Å²) >= 11 is 0. The number of nitrogens with one attached hydrogen (secondary N) is 4. The lowest BCUT2D eigenvalue weighted by Gasteiger charge is -2.30. The zero-order valence-corrected chi connectivity index (χ0v) is 36.6. The predicted molar refractivity (Wildman–Crippen MR) is 227 cm³/mol. The Morgan fingerprint density at radius 3 is 1.36 bits per heavy atom. The van der Waals surface area contributed by atoms with Gasteiger partial charge in [-0.15, -0.1) is 0 Å². The van der Waals surface area contributed by atoms with Crippen LogP contribution in [0.1, 0.15) is 181 Å². The number of carboxylic acid groups (broad SMARTS) is 3. The molecule has 1 aliphatic carbocycles. The van der Waals surface area contributed by atoms with Crippen LogP contribution in [0.2, 0.25) is 0 Å². The van der Waals surface area contributed by atoms with E-state index >= 15 is 0 Å². The van der Waals surface area contributed by atoms with Crippen molar-refractivity contribution in [3.05, 3.63) is 0 Å². The first-order chi connectivity index (χ1) is 29.0. The molecule has 9 N–H and O–H groups in total. The van der Waals surface area contributed by atoms with Crippen molar-refractivity contribution < 1.29 is 63.9 Å². The first-order valence-corrected chi connectivity index (χ1v) is 22.7. The minimum atomic E-state index is -1.98. The second kappa shape index (κ2) is 32.6. The van der Waals surface area contributed by atoms with Crippen molar-refractivity contribution in [2.75, 3.05) is 6.54 Å². The SMILES string of the molecule is CC(C)C(=O)CC[C@H](NC(=O)CC[C@H](NC(=O)CC[C@H](NC(=O)[C@H]1CC[C@H](CNC(=O)CCCCCCCCCCCCCCCCC(=O)O)CC1)C(O)O)C(=O)O)C(=O)O. The zero-order chi connectivity index (χ0) is 45.6. The van der Waals surface area contributed by atoms with Gasteiger partial charge in [-0.1, -0.05) is 90.9 Å². The Balaban J connectivity index is 2.26. The van der Waals surface area contributed by atoms with Crippen LogP contribution in [0.25, 0.3) is 0 Å². The van der Waals surface area contributed by atoms with Gasteiger partial charge < -0.3 is 46.8 Å². The topological polar surface area (TPSA) is 286 Å². The molecule has 0 radical (unpaired) electrons. The van der Waals surface area contributed by atoms with Crippen LogP contribution >= 0.6 is 0 Å². The number of aliphatic carboxylic acids is 3. The summed E-state index contributed by atoms with van der Waals surface area (Å²) < 4.78 is 0. The van der Waals surface area contributed by atoms with E-state index in [0.29, 0.717) is 38.6 Å². The molecule has 1 rings (SSSR count). The van der Waals surface area contributed by atoms with Crippen LogP contribution < -0.4 is 21.3 Å². The molecule has 0 aromatic rings. The number of hydrogen-bond donors (Lipinski definition) is 9. The molecule has 0 bridgehead atoms. The number of carboxylic acids is 3. The Bertz CT molecular complexity index is 1350. The van der Waals surface area contributed by atoms with Gasteiger partial charge in [0.05, 0.1) is 6.04 Å². The van der Waals surface area contributed by atoms with Crippen molar-refractivity contribution in [1.29, 1.82) is 0 Å². The van der Waals surface area contributed by atoms with Gasteiger partial charge in [-0.25, -0.2) is 9.59 Å². The summed E-state index contributed by atoms with van der Waals surface area (Å²) in [5, 5.41) is 57.7. The lowest BCUT2D eigenvalue weighted by atomic mass is 9.81. The van der Waals surface area contributed by atoms with E-state index in [2.05, 4.69) is 21.3 Å². The van der Waals surface area contributed by atoms with E-state index in [1.54, 1.807) is 13.8 Å². The van der Waals surface area contributed by atoms with Gasteiger partial charge >= 0.3 is 17.9 Å². The maximum atomic E-state index is 13.0. The Morgan fingerprint density at radius 2 is 0.934 bits per heavy atom. The molecule has 61 heavy (non-hydrogen) atoms. The fourth-order valence-corrected chi connectivity index (χ4v) is 7.44. The summed E-state index contributed by atoms with van der Waals surface area (Å²) in [5.74, 6) is -5.98. The maximum Gasteiger partial charge on any atom is 0.326 e. The number of Topliss-reactive ketones (excluding diaryl/α,β-unsaturated/α-hetero) is 1. The van der Waals surface area contributed by atoms with E-state index in [9.17, 15) is 58.8 Å². The lowest BCUT2D eigenvalue weighted by Crippen LogP contribution is -2.47. The van der Waals surface area contributed by atoms with Crippen molar-refractivity contribution in [2.45, 2.75) is 205 Å². The van der Waals surface area contributed by atoms with Crippen LogP contribution in [0.15, 0.2) is 0 Å². The molecule has 0 aromatic carbocycles. The molecule has 1 aliphatic rings. The number of unbranched alkanes of at least 4 members (excludes halogenated alkanes) is 13. The quantitative estimate of drug-likeness (QED) is 0.0304. The number of amides is 4. The standard InChI is InChI=1S/C44H76N4O13/c1-30(2)36(49)26-23-33(42(56)57)46-38(51)27-24-34(43(58)59)47-39(52)28-25-35(44(60)61)48-41(55)32-21-19-31(20-22-32)29-45-37(50)17-15-13-11-9-7-5-3-4-6-8-10-12-14-16-18-40(53)54/h30-35,44,60-61H,3-29H2,1-2H3,(H,45,50)(H,46,51)(H,47,52)(H,48,55)(H,53,54)(H,56,57)(H,58,59)/t31-,32-,33-,34-,35-/m0/s1. The monoisotopic (exact) mass is 869 g/mol. The van der Waals surface area contributed by atoms with Gasteiger partial charge in [-0.2, -0.15) is 0 Å². The van der Waals surface area contributed by atoms with Crippen molar-refractivity contribution in [3.63, 3.8) is 0 Å². The van der Waals surface area contributed by atoms with Gasteiger partial charge in [0.25, 0.3) is 0 Å². The fraction of sp³-hybridized carbons (Fsp3) is 0.818. The van der Waals surface area contributed by atoms with Gasteiger partial charge in [-0.3, -0.25) is 28.8 Å². The van der Waals surface area contributed by atoms with Crippen LogP contribution in [0, 0.1) is 17.8 Å². The number of carbonyl (C=O) groups is 8. The van der Waals surface area contributed by atoms with Crippen LogP contribution in [0.5, 0.6) is 0 Å².